The zero-order valence-corrected chi connectivity index (χ0v) is 13.5. The van der Waals surface area contributed by atoms with Gasteiger partial charge in [-0.1, -0.05) is 29.8 Å². The van der Waals surface area contributed by atoms with Crippen molar-refractivity contribution in [2.45, 2.75) is 26.8 Å². The molecular formula is C14H21BrN2O3. The number of hydrogen-bond donors (Lipinski definition) is 1. The predicted molar refractivity (Wildman–Crippen MR) is 82.8 cm³/mol. The molecule has 0 heterocycles. The highest BCUT2D eigenvalue weighted by molar-refractivity contribution is 9.10. The summed E-state index contributed by atoms with van der Waals surface area (Å²) in [5.74, 6) is 0.666. The van der Waals surface area contributed by atoms with Crippen molar-refractivity contribution < 1.29 is 9.66 Å². The topological polar surface area (TPSA) is 64.4 Å². The lowest BCUT2D eigenvalue weighted by Crippen LogP contribution is -2.20. The summed E-state index contributed by atoms with van der Waals surface area (Å²) in [4.78, 5) is 10.2. The van der Waals surface area contributed by atoms with Crippen LogP contribution in [0.1, 0.15) is 25.8 Å². The van der Waals surface area contributed by atoms with Gasteiger partial charge in [0.15, 0.2) is 0 Å². The molecule has 1 aromatic rings. The standard InChI is InChI=1S/C14H21BrN2O3/c1-11(2)5-7-20-8-6-16-10-12-3-4-13(17(18)19)9-14(12)15/h3-4,9,11,16H,5-8,10H2,1-2H3. The lowest BCUT2D eigenvalue weighted by molar-refractivity contribution is -0.384. The lowest BCUT2D eigenvalue weighted by atomic mass is 10.1. The van der Waals surface area contributed by atoms with E-state index in [0.717, 1.165) is 29.6 Å². The Morgan fingerprint density at radius 3 is 2.75 bits per heavy atom. The van der Waals surface area contributed by atoms with Crippen molar-refractivity contribution in [3.63, 3.8) is 0 Å². The molecule has 6 heteroatoms. The molecule has 0 unspecified atom stereocenters. The van der Waals surface area contributed by atoms with Gasteiger partial charge < -0.3 is 10.1 Å². The SMILES string of the molecule is CC(C)CCOCCNCc1ccc([N+](=O)[O-])cc1Br. The van der Waals surface area contributed by atoms with Gasteiger partial charge in [-0.15, -0.1) is 0 Å². The van der Waals surface area contributed by atoms with Crippen molar-refractivity contribution in [3.05, 3.63) is 38.3 Å². The highest BCUT2D eigenvalue weighted by Crippen LogP contribution is 2.22. The second-order valence-corrected chi connectivity index (χ2v) is 5.86. The van der Waals surface area contributed by atoms with Gasteiger partial charge in [0, 0.05) is 36.3 Å². The Morgan fingerprint density at radius 1 is 1.40 bits per heavy atom. The number of nitrogens with zero attached hydrogens (tertiary/aromatic N) is 1. The van der Waals surface area contributed by atoms with Gasteiger partial charge in [0.05, 0.1) is 11.5 Å². The van der Waals surface area contributed by atoms with Crippen LogP contribution in [-0.4, -0.2) is 24.7 Å². The molecule has 5 nitrogen and oxygen atoms in total. The molecule has 0 bridgehead atoms. The molecule has 0 saturated heterocycles. The first-order valence-electron chi connectivity index (χ1n) is 6.72. The van der Waals surface area contributed by atoms with Crippen LogP contribution in [0.5, 0.6) is 0 Å². The van der Waals surface area contributed by atoms with E-state index in [-0.39, 0.29) is 5.69 Å². The zero-order valence-electron chi connectivity index (χ0n) is 11.9. The predicted octanol–water partition coefficient (Wildman–Crippen LogP) is 3.51. The molecule has 0 aliphatic carbocycles. The van der Waals surface area contributed by atoms with Crippen LogP contribution in [0.2, 0.25) is 0 Å². The van der Waals surface area contributed by atoms with Gasteiger partial charge in [-0.05, 0) is 24.0 Å². The highest BCUT2D eigenvalue weighted by atomic mass is 79.9. The van der Waals surface area contributed by atoms with E-state index in [1.54, 1.807) is 6.07 Å². The van der Waals surface area contributed by atoms with E-state index in [4.69, 9.17) is 4.74 Å². The fourth-order valence-electron chi connectivity index (χ4n) is 1.58. The average Bonchev–Trinajstić information content (AvgIpc) is 2.38. The van der Waals surface area contributed by atoms with E-state index < -0.39 is 4.92 Å². The number of non-ortho nitro benzene ring substituents is 1. The molecule has 0 aliphatic heterocycles. The first-order chi connectivity index (χ1) is 9.50. The van der Waals surface area contributed by atoms with E-state index >= 15 is 0 Å². The molecule has 0 fully saturated rings. The normalized spacial score (nSPS) is 11.0. The van der Waals surface area contributed by atoms with Crippen molar-refractivity contribution in [2.75, 3.05) is 19.8 Å². The molecule has 1 aromatic carbocycles. The Balaban J connectivity index is 2.24. The van der Waals surface area contributed by atoms with Gasteiger partial charge in [0.1, 0.15) is 0 Å². The number of ether oxygens (including phenoxy) is 1. The maximum atomic E-state index is 10.6. The van der Waals surface area contributed by atoms with Gasteiger partial charge in [-0.25, -0.2) is 0 Å². The zero-order chi connectivity index (χ0) is 15.0. The van der Waals surface area contributed by atoms with Gasteiger partial charge >= 0.3 is 0 Å². The molecule has 20 heavy (non-hydrogen) atoms. The van der Waals surface area contributed by atoms with E-state index in [9.17, 15) is 10.1 Å². The van der Waals surface area contributed by atoms with Crippen LogP contribution < -0.4 is 5.32 Å². The fraction of sp³-hybridized carbons (Fsp3) is 0.571. The molecule has 1 rings (SSSR count). The first-order valence-corrected chi connectivity index (χ1v) is 7.51. The Kier molecular flexibility index (Phi) is 7.72. The summed E-state index contributed by atoms with van der Waals surface area (Å²) in [7, 11) is 0. The van der Waals surface area contributed by atoms with Gasteiger partial charge in [0.25, 0.3) is 5.69 Å². The summed E-state index contributed by atoms with van der Waals surface area (Å²) in [6.07, 6.45) is 1.08. The number of halogens is 1. The minimum absolute atomic E-state index is 0.0950. The monoisotopic (exact) mass is 344 g/mol. The lowest BCUT2D eigenvalue weighted by Gasteiger charge is -2.08. The summed E-state index contributed by atoms with van der Waals surface area (Å²) in [5, 5.41) is 13.9. The number of hydrogen-bond acceptors (Lipinski definition) is 4. The molecule has 1 N–H and O–H groups in total. The van der Waals surface area contributed by atoms with Crippen molar-refractivity contribution in [1.29, 1.82) is 0 Å². The third-order valence-corrected chi connectivity index (χ3v) is 3.56. The molecule has 0 aliphatic rings. The summed E-state index contributed by atoms with van der Waals surface area (Å²) >= 11 is 3.35. The number of rotatable bonds is 9. The first kappa shape index (κ1) is 17.1. The fourth-order valence-corrected chi connectivity index (χ4v) is 2.09. The number of benzene rings is 1. The Morgan fingerprint density at radius 2 is 2.15 bits per heavy atom. The molecular weight excluding hydrogens is 324 g/mol. The Hall–Kier alpha value is -0.980. The van der Waals surface area contributed by atoms with Crippen molar-refractivity contribution >= 4 is 21.6 Å². The highest BCUT2D eigenvalue weighted by Gasteiger charge is 2.08. The average molecular weight is 345 g/mol. The van der Waals surface area contributed by atoms with E-state index in [2.05, 4.69) is 35.1 Å². The van der Waals surface area contributed by atoms with Crippen molar-refractivity contribution in [3.8, 4) is 0 Å². The molecule has 0 radical (unpaired) electrons. The summed E-state index contributed by atoms with van der Waals surface area (Å²) in [6.45, 7) is 7.24. The van der Waals surface area contributed by atoms with Gasteiger partial charge in [0.2, 0.25) is 0 Å². The van der Waals surface area contributed by atoms with Crippen LogP contribution in [0.4, 0.5) is 5.69 Å². The second-order valence-electron chi connectivity index (χ2n) is 5.00. The third-order valence-electron chi connectivity index (χ3n) is 2.83. The second kappa shape index (κ2) is 9.05. The van der Waals surface area contributed by atoms with Crippen LogP contribution in [-0.2, 0) is 11.3 Å². The minimum Gasteiger partial charge on any atom is -0.380 e. The van der Waals surface area contributed by atoms with Gasteiger partial charge in [-0.3, -0.25) is 10.1 Å². The smallest absolute Gasteiger partial charge is 0.270 e. The molecule has 0 saturated carbocycles. The Bertz CT molecular complexity index is 438. The number of nitro groups is 1. The summed E-state index contributed by atoms with van der Waals surface area (Å²) < 4.78 is 6.25. The van der Waals surface area contributed by atoms with Crippen LogP contribution in [0.3, 0.4) is 0 Å². The van der Waals surface area contributed by atoms with Crippen molar-refractivity contribution in [2.24, 2.45) is 5.92 Å². The Labute approximate surface area is 128 Å². The molecule has 112 valence electrons. The largest absolute Gasteiger partial charge is 0.380 e. The molecule has 0 atom stereocenters. The third kappa shape index (κ3) is 6.45. The maximum absolute atomic E-state index is 10.6. The maximum Gasteiger partial charge on any atom is 0.270 e. The molecule has 0 spiro atoms. The molecule has 0 amide bonds. The van der Waals surface area contributed by atoms with Crippen LogP contribution in [0, 0.1) is 16.0 Å². The summed E-state index contributed by atoms with van der Waals surface area (Å²) in [6, 6.07) is 4.80. The van der Waals surface area contributed by atoms with E-state index in [1.807, 2.05) is 0 Å². The van der Waals surface area contributed by atoms with E-state index in [1.165, 1.54) is 12.1 Å². The molecule has 0 aromatic heterocycles. The number of nitrogens with one attached hydrogen (secondary N) is 1. The van der Waals surface area contributed by atoms with Crippen molar-refractivity contribution in [1.82, 2.24) is 5.32 Å². The van der Waals surface area contributed by atoms with Gasteiger partial charge in [-0.2, -0.15) is 0 Å². The minimum atomic E-state index is -0.398. The number of nitro benzene ring substituents is 1. The van der Waals surface area contributed by atoms with E-state index in [0.29, 0.717) is 19.1 Å². The quantitative estimate of drug-likeness (QED) is 0.423. The van der Waals surface area contributed by atoms with Crippen LogP contribution in [0.15, 0.2) is 22.7 Å². The van der Waals surface area contributed by atoms with Crippen LogP contribution >= 0.6 is 15.9 Å². The summed E-state index contributed by atoms with van der Waals surface area (Å²) in [5.41, 5.74) is 1.09. The van der Waals surface area contributed by atoms with Crippen LogP contribution in [0.25, 0.3) is 0 Å².